The van der Waals surface area contributed by atoms with Gasteiger partial charge >= 0.3 is 0 Å². The Kier molecular flexibility index (Phi) is 4.09. The van der Waals surface area contributed by atoms with Crippen LogP contribution in [0.4, 0.5) is 0 Å². The molecule has 0 atom stereocenters. The lowest BCUT2D eigenvalue weighted by Gasteiger charge is -2.32. The zero-order valence-electron chi connectivity index (χ0n) is 10.6. The lowest BCUT2D eigenvalue weighted by Crippen LogP contribution is -2.46. The van der Waals surface area contributed by atoms with Gasteiger partial charge in [0.25, 0.3) is 0 Å². The van der Waals surface area contributed by atoms with Crippen molar-refractivity contribution >= 4 is 28.3 Å². The standard InChI is InChI=1S/C12H19N3S2/c1-9-14-10(8-17-9)4-6-13-11-15-12(2,3)5-7-16-11/h8H,4-7H2,1-3H3,(H,13,15). The lowest BCUT2D eigenvalue weighted by molar-refractivity contribution is 0.446. The van der Waals surface area contributed by atoms with Gasteiger partial charge < -0.3 is 5.32 Å². The predicted molar refractivity (Wildman–Crippen MR) is 77.1 cm³/mol. The number of hydrogen-bond donors (Lipinski definition) is 1. The van der Waals surface area contributed by atoms with Crippen LogP contribution in [0.5, 0.6) is 0 Å². The van der Waals surface area contributed by atoms with Gasteiger partial charge in [-0.1, -0.05) is 11.8 Å². The van der Waals surface area contributed by atoms with Crippen LogP contribution in [0, 0.1) is 6.92 Å². The van der Waals surface area contributed by atoms with Crippen molar-refractivity contribution in [1.82, 2.24) is 10.3 Å². The summed E-state index contributed by atoms with van der Waals surface area (Å²) in [5, 5.41) is 7.83. The van der Waals surface area contributed by atoms with Crippen molar-refractivity contribution < 1.29 is 0 Å². The summed E-state index contributed by atoms with van der Waals surface area (Å²) in [6.45, 7) is 7.33. The smallest absolute Gasteiger partial charge is 0.156 e. The minimum Gasteiger partial charge on any atom is -0.360 e. The van der Waals surface area contributed by atoms with Crippen LogP contribution in [-0.4, -0.2) is 28.0 Å². The maximum Gasteiger partial charge on any atom is 0.156 e. The molecule has 0 unspecified atom stereocenters. The molecule has 1 saturated heterocycles. The molecular formula is C12H19N3S2. The van der Waals surface area contributed by atoms with Crippen LogP contribution in [0.15, 0.2) is 10.4 Å². The van der Waals surface area contributed by atoms with Crippen LogP contribution >= 0.6 is 23.1 Å². The van der Waals surface area contributed by atoms with Crippen molar-refractivity contribution in [1.29, 1.82) is 0 Å². The first-order valence-corrected chi connectivity index (χ1v) is 7.78. The molecule has 1 aliphatic heterocycles. The molecule has 0 bridgehead atoms. The SMILES string of the molecule is Cc1nc(CCN=C2NC(C)(C)CCS2)cs1. The molecule has 1 aromatic rings. The molecule has 1 aromatic heterocycles. The van der Waals surface area contributed by atoms with Gasteiger partial charge in [-0.3, -0.25) is 4.99 Å². The quantitative estimate of drug-likeness (QED) is 0.917. The zero-order valence-corrected chi connectivity index (χ0v) is 12.2. The van der Waals surface area contributed by atoms with Crippen molar-refractivity contribution in [2.24, 2.45) is 4.99 Å². The highest BCUT2D eigenvalue weighted by Crippen LogP contribution is 2.21. The Balaban J connectivity index is 1.84. The molecule has 1 aliphatic rings. The first-order valence-electron chi connectivity index (χ1n) is 5.92. The average molecular weight is 269 g/mol. The molecule has 94 valence electrons. The predicted octanol–water partition coefficient (Wildman–Crippen LogP) is 2.86. The van der Waals surface area contributed by atoms with Crippen LogP contribution < -0.4 is 5.32 Å². The van der Waals surface area contributed by atoms with E-state index >= 15 is 0 Å². The maximum absolute atomic E-state index is 4.62. The molecular weight excluding hydrogens is 250 g/mol. The molecule has 0 aliphatic carbocycles. The molecule has 0 saturated carbocycles. The van der Waals surface area contributed by atoms with Crippen molar-refractivity contribution in [2.45, 2.75) is 39.2 Å². The second kappa shape index (κ2) is 5.40. The monoisotopic (exact) mass is 269 g/mol. The van der Waals surface area contributed by atoms with Crippen LogP contribution in [0.25, 0.3) is 0 Å². The highest BCUT2D eigenvalue weighted by molar-refractivity contribution is 8.13. The Hall–Kier alpha value is -0.550. The fraction of sp³-hybridized carbons (Fsp3) is 0.667. The van der Waals surface area contributed by atoms with Gasteiger partial charge in [0.1, 0.15) is 0 Å². The maximum atomic E-state index is 4.62. The summed E-state index contributed by atoms with van der Waals surface area (Å²) in [7, 11) is 0. The van der Waals surface area contributed by atoms with E-state index in [9.17, 15) is 0 Å². The van der Waals surface area contributed by atoms with Crippen molar-refractivity contribution in [2.75, 3.05) is 12.3 Å². The Bertz CT molecular complexity index is 410. The van der Waals surface area contributed by atoms with Crippen molar-refractivity contribution in [3.8, 4) is 0 Å². The molecule has 0 radical (unpaired) electrons. The number of nitrogens with zero attached hydrogens (tertiary/aromatic N) is 2. The van der Waals surface area contributed by atoms with E-state index in [0.29, 0.717) is 0 Å². The number of nitrogens with one attached hydrogen (secondary N) is 1. The number of aromatic nitrogens is 1. The molecule has 0 aromatic carbocycles. The molecule has 17 heavy (non-hydrogen) atoms. The highest BCUT2D eigenvalue weighted by atomic mass is 32.2. The molecule has 2 rings (SSSR count). The molecule has 0 amide bonds. The zero-order chi connectivity index (χ0) is 12.3. The number of thioether (sulfide) groups is 1. The highest BCUT2D eigenvalue weighted by Gasteiger charge is 2.23. The van der Waals surface area contributed by atoms with Gasteiger partial charge in [-0.05, 0) is 27.2 Å². The normalized spacial score (nSPS) is 21.5. The van der Waals surface area contributed by atoms with Gasteiger partial charge in [-0.15, -0.1) is 11.3 Å². The number of hydrogen-bond acceptors (Lipinski definition) is 4. The van der Waals surface area contributed by atoms with E-state index in [2.05, 4.69) is 34.5 Å². The number of aryl methyl sites for hydroxylation is 1. The van der Waals surface area contributed by atoms with Crippen molar-refractivity contribution in [3.05, 3.63) is 16.1 Å². The topological polar surface area (TPSA) is 37.3 Å². The number of thiazole rings is 1. The molecule has 1 N–H and O–H groups in total. The molecule has 1 fully saturated rings. The van der Waals surface area contributed by atoms with Gasteiger partial charge in [0, 0.05) is 29.6 Å². The van der Waals surface area contributed by atoms with Gasteiger partial charge in [0.15, 0.2) is 5.17 Å². The lowest BCUT2D eigenvalue weighted by atomic mass is 10.0. The van der Waals surface area contributed by atoms with Crippen LogP contribution in [0.2, 0.25) is 0 Å². The molecule has 5 heteroatoms. The largest absolute Gasteiger partial charge is 0.360 e. The Morgan fingerprint density at radius 1 is 1.53 bits per heavy atom. The van der Waals surface area contributed by atoms with Crippen LogP contribution in [-0.2, 0) is 6.42 Å². The second-order valence-corrected chi connectivity index (χ2v) is 7.05. The summed E-state index contributed by atoms with van der Waals surface area (Å²) in [6.07, 6.45) is 2.14. The van der Waals surface area contributed by atoms with E-state index in [1.807, 2.05) is 18.7 Å². The number of aliphatic imine (C=N–C) groups is 1. The summed E-state index contributed by atoms with van der Waals surface area (Å²) < 4.78 is 0. The first kappa shape index (κ1) is 12.9. The van der Waals surface area contributed by atoms with Gasteiger partial charge in [0.05, 0.1) is 10.7 Å². The fourth-order valence-electron chi connectivity index (χ4n) is 1.67. The van der Waals surface area contributed by atoms with E-state index < -0.39 is 0 Å². The van der Waals surface area contributed by atoms with Gasteiger partial charge in [-0.25, -0.2) is 4.98 Å². The summed E-state index contributed by atoms with van der Waals surface area (Å²) in [5.74, 6) is 1.16. The summed E-state index contributed by atoms with van der Waals surface area (Å²) in [6, 6.07) is 0. The van der Waals surface area contributed by atoms with E-state index in [-0.39, 0.29) is 5.54 Å². The third-order valence-electron chi connectivity index (χ3n) is 2.70. The summed E-state index contributed by atoms with van der Waals surface area (Å²) in [5.41, 5.74) is 1.36. The first-order chi connectivity index (χ1) is 8.05. The van der Waals surface area contributed by atoms with E-state index in [1.54, 1.807) is 11.3 Å². The van der Waals surface area contributed by atoms with Crippen LogP contribution in [0.1, 0.15) is 31.0 Å². The third-order valence-corrected chi connectivity index (χ3v) is 4.44. The number of amidine groups is 1. The summed E-state index contributed by atoms with van der Waals surface area (Å²) >= 11 is 3.54. The Labute approximate surface area is 111 Å². The Morgan fingerprint density at radius 2 is 2.35 bits per heavy atom. The third kappa shape index (κ3) is 4.00. The van der Waals surface area contributed by atoms with E-state index in [4.69, 9.17) is 0 Å². The average Bonchev–Trinajstić information content (AvgIpc) is 2.63. The Morgan fingerprint density at radius 3 is 3.00 bits per heavy atom. The van der Waals surface area contributed by atoms with Crippen LogP contribution in [0.3, 0.4) is 0 Å². The molecule has 2 heterocycles. The number of rotatable bonds is 3. The minimum absolute atomic E-state index is 0.196. The molecule has 3 nitrogen and oxygen atoms in total. The van der Waals surface area contributed by atoms with Gasteiger partial charge in [0.2, 0.25) is 0 Å². The molecule has 0 spiro atoms. The summed E-state index contributed by atoms with van der Waals surface area (Å²) in [4.78, 5) is 9.06. The van der Waals surface area contributed by atoms with Gasteiger partial charge in [-0.2, -0.15) is 0 Å². The van der Waals surface area contributed by atoms with Crippen molar-refractivity contribution in [3.63, 3.8) is 0 Å². The second-order valence-electron chi connectivity index (χ2n) is 4.90. The fourth-order valence-corrected chi connectivity index (χ4v) is 3.66. The van der Waals surface area contributed by atoms with E-state index in [1.165, 1.54) is 6.42 Å². The van der Waals surface area contributed by atoms with E-state index in [0.717, 1.165) is 34.6 Å². The minimum atomic E-state index is 0.196.